The van der Waals surface area contributed by atoms with Crippen LogP contribution >= 0.6 is 0 Å². The van der Waals surface area contributed by atoms with E-state index in [2.05, 4.69) is 15.4 Å². The molecule has 0 atom stereocenters. The van der Waals surface area contributed by atoms with Gasteiger partial charge in [-0.15, -0.1) is 0 Å². The molecule has 14 heavy (non-hydrogen) atoms. The molecule has 0 aliphatic carbocycles. The highest BCUT2D eigenvalue weighted by Gasteiger charge is 2.12. The van der Waals surface area contributed by atoms with Crippen molar-refractivity contribution < 1.29 is 9.90 Å². The van der Waals surface area contributed by atoms with Gasteiger partial charge in [-0.2, -0.15) is 5.10 Å². The van der Waals surface area contributed by atoms with Crippen molar-refractivity contribution >= 4 is 17.3 Å². The monoisotopic (exact) mass is 192 g/mol. The Morgan fingerprint density at radius 2 is 2.43 bits per heavy atom. The Morgan fingerprint density at radius 3 is 3.07 bits per heavy atom. The number of hydrogen-bond donors (Lipinski definition) is 2. The number of carbonyl (C=O) groups is 1. The Kier molecular flexibility index (Phi) is 1.81. The Morgan fingerprint density at radius 1 is 1.64 bits per heavy atom. The fourth-order valence-electron chi connectivity index (χ4n) is 1.24. The van der Waals surface area contributed by atoms with E-state index in [1.165, 1.54) is 16.9 Å². The Bertz CT molecular complexity index is 491. The molecule has 72 valence electrons. The van der Waals surface area contributed by atoms with E-state index >= 15 is 0 Å². The molecule has 0 spiro atoms. The smallest absolute Gasteiger partial charge is 0.356 e. The zero-order chi connectivity index (χ0) is 10.1. The normalized spacial score (nSPS) is 10.4. The van der Waals surface area contributed by atoms with Gasteiger partial charge in [-0.3, -0.25) is 0 Å². The van der Waals surface area contributed by atoms with E-state index in [0.717, 1.165) is 5.69 Å². The summed E-state index contributed by atoms with van der Waals surface area (Å²) in [4.78, 5) is 14.7. The maximum absolute atomic E-state index is 10.8. The van der Waals surface area contributed by atoms with Crippen LogP contribution < -0.4 is 5.32 Å². The molecule has 0 unspecified atom stereocenters. The SMILES string of the molecule is CNc1ccnn2c(C(=O)O)cnc12. The number of carboxylic acids is 1. The van der Waals surface area contributed by atoms with Crippen molar-refractivity contribution in [2.75, 3.05) is 12.4 Å². The molecule has 2 aromatic rings. The van der Waals surface area contributed by atoms with Gasteiger partial charge in [0.05, 0.1) is 18.1 Å². The van der Waals surface area contributed by atoms with Crippen molar-refractivity contribution in [3.8, 4) is 0 Å². The molecule has 6 nitrogen and oxygen atoms in total. The lowest BCUT2D eigenvalue weighted by Crippen LogP contribution is -2.05. The van der Waals surface area contributed by atoms with Crippen LogP contribution in [0.15, 0.2) is 18.5 Å². The molecule has 2 aromatic heterocycles. The summed E-state index contributed by atoms with van der Waals surface area (Å²) in [5.74, 6) is -1.04. The first-order valence-corrected chi connectivity index (χ1v) is 3.98. The third-order valence-corrected chi connectivity index (χ3v) is 1.89. The number of imidazole rings is 1. The van der Waals surface area contributed by atoms with E-state index in [0.29, 0.717) is 5.65 Å². The molecular formula is C8H8N4O2. The number of nitrogens with zero attached hydrogens (tertiary/aromatic N) is 3. The summed E-state index contributed by atoms with van der Waals surface area (Å²) in [6.07, 6.45) is 2.80. The third kappa shape index (κ3) is 1.08. The standard InChI is InChI=1S/C8H8N4O2/c1-9-5-2-3-11-12-6(8(13)14)4-10-7(5)12/h2-4,9H,1H3,(H,13,14). The molecule has 2 rings (SSSR count). The highest BCUT2D eigenvalue weighted by atomic mass is 16.4. The van der Waals surface area contributed by atoms with Gasteiger partial charge < -0.3 is 10.4 Å². The zero-order valence-corrected chi connectivity index (χ0v) is 7.43. The Balaban J connectivity index is 2.75. The largest absolute Gasteiger partial charge is 0.476 e. The van der Waals surface area contributed by atoms with Gasteiger partial charge in [0.15, 0.2) is 11.3 Å². The molecule has 0 fully saturated rings. The number of aromatic carboxylic acids is 1. The topological polar surface area (TPSA) is 79.5 Å². The molecule has 2 N–H and O–H groups in total. The van der Waals surface area contributed by atoms with E-state index in [-0.39, 0.29) is 5.69 Å². The molecule has 0 aliphatic heterocycles. The number of hydrogen-bond acceptors (Lipinski definition) is 4. The van der Waals surface area contributed by atoms with Gasteiger partial charge in [-0.25, -0.2) is 14.3 Å². The van der Waals surface area contributed by atoms with Crippen LogP contribution in [0.1, 0.15) is 10.5 Å². The van der Waals surface area contributed by atoms with Crippen LogP contribution in [0.5, 0.6) is 0 Å². The summed E-state index contributed by atoms with van der Waals surface area (Å²) in [5, 5.41) is 15.6. The Labute approximate surface area is 79.2 Å². The second-order valence-electron chi connectivity index (χ2n) is 2.68. The van der Waals surface area contributed by atoms with Crippen LogP contribution in [-0.2, 0) is 0 Å². The molecular weight excluding hydrogens is 184 g/mol. The van der Waals surface area contributed by atoms with Gasteiger partial charge in [0.2, 0.25) is 0 Å². The lowest BCUT2D eigenvalue weighted by molar-refractivity contribution is 0.0688. The Hall–Kier alpha value is -2.11. The number of anilines is 1. The minimum absolute atomic E-state index is 0.0529. The van der Waals surface area contributed by atoms with E-state index < -0.39 is 5.97 Å². The van der Waals surface area contributed by atoms with Gasteiger partial charge in [-0.1, -0.05) is 0 Å². The van der Waals surface area contributed by atoms with Gasteiger partial charge >= 0.3 is 5.97 Å². The first kappa shape index (κ1) is 8.49. The van der Waals surface area contributed by atoms with Crippen LogP contribution in [0.25, 0.3) is 5.65 Å². The highest BCUT2D eigenvalue weighted by molar-refractivity contribution is 5.87. The van der Waals surface area contributed by atoms with E-state index in [1.54, 1.807) is 13.1 Å². The van der Waals surface area contributed by atoms with Crippen LogP contribution in [0.3, 0.4) is 0 Å². The zero-order valence-electron chi connectivity index (χ0n) is 7.43. The molecule has 0 saturated heterocycles. The van der Waals surface area contributed by atoms with Crippen LogP contribution in [0.2, 0.25) is 0 Å². The van der Waals surface area contributed by atoms with Crippen LogP contribution in [-0.4, -0.2) is 32.7 Å². The third-order valence-electron chi connectivity index (χ3n) is 1.89. The van der Waals surface area contributed by atoms with E-state index in [1.807, 2.05) is 0 Å². The number of carboxylic acid groups (broad SMARTS) is 1. The predicted molar refractivity (Wildman–Crippen MR) is 49.5 cm³/mol. The second-order valence-corrected chi connectivity index (χ2v) is 2.68. The van der Waals surface area contributed by atoms with Crippen LogP contribution in [0.4, 0.5) is 5.69 Å². The fraction of sp³-hybridized carbons (Fsp3) is 0.125. The van der Waals surface area contributed by atoms with E-state index in [4.69, 9.17) is 5.11 Å². The fourth-order valence-corrected chi connectivity index (χ4v) is 1.24. The lowest BCUT2D eigenvalue weighted by atomic mass is 10.4. The number of fused-ring (bicyclic) bond motifs is 1. The maximum Gasteiger partial charge on any atom is 0.356 e. The summed E-state index contributed by atoms with van der Waals surface area (Å²) in [5.41, 5.74) is 1.30. The maximum atomic E-state index is 10.8. The first-order chi connectivity index (χ1) is 6.74. The molecule has 2 heterocycles. The molecule has 0 bridgehead atoms. The molecule has 0 amide bonds. The minimum Gasteiger partial charge on any atom is -0.476 e. The summed E-state index contributed by atoms with van der Waals surface area (Å²) in [7, 11) is 1.74. The van der Waals surface area contributed by atoms with Gasteiger partial charge in [0.25, 0.3) is 0 Å². The minimum atomic E-state index is -1.04. The molecule has 0 aromatic carbocycles. The lowest BCUT2D eigenvalue weighted by Gasteiger charge is -2.00. The average Bonchev–Trinajstić information content (AvgIpc) is 2.60. The van der Waals surface area contributed by atoms with Crippen molar-refractivity contribution in [2.24, 2.45) is 0 Å². The van der Waals surface area contributed by atoms with Crippen molar-refractivity contribution in [3.05, 3.63) is 24.2 Å². The summed E-state index contributed by atoms with van der Waals surface area (Å²) in [6, 6.07) is 1.73. The number of aromatic nitrogens is 3. The average molecular weight is 192 g/mol. The summed E-state index contributed by atoms with van der Waals surface area (Å²) in [6.45, 7) is 0. The van der Waals surface area contributed by atoms with Crippen molar-refractivity contribution in [2.45, 2.75) is 0 Å². The van der Waals surface area contributed by atoms with Gasteiger partial charge in [0, 0.05) is 7.05 Å². The van der Waals surface area contributed by atoms with E-state index in [9.17, 15) is 4.79 Å². The van der Waals surface area contributed by atoms with Crippen molar-refractivity contribution in [1.29, 1.82) is 0 Å². The van der Waals surface area contributed by atoms with Crippen molar-refractivity contribution in [1.82, 2.24) is 14.6 Å². The number of rotatable bonds is 2. The molecule has 0 radical (unpaired) electrons. The summed E-state index contributed by atoms with van der Waals surface area (Å²) < 4.78 is 1.29. The van der Waals surface area contributed by atoms with Gasteiger partial charge in [0.1, 0.15) is 0 Å². The predicted octanol–water partition coefficient (Wildman–Crippen LogP) is 0.469. The first-order valence-electron chi connectivity index (χ1n) is 3.98. The summed E-state index contributed by atoms with van der Waals surface area (Å²) >= 11 is 0. The van der Waals surface area contributed by atoms with Crippen LogP contribution in [0, 0.1) is 0 Å². The molecule has 6 heteroatoms. The second kappa shape index (κ2) is 2.99. The quantitative estimate of drug-likeness (QED) is 0.723. The number of nitrogens with one attached hydrogen (secondary N) is 1. The highest BCUT2D eigenvalue weighted by Crippen LogP contribution is 2.14. The van der Waals surface area contributed by atoms with Gasteiger partial charge in [-0.05, 0) is 6.07 Å². The molecule has 0 aliphatic rings. The molecule has 0 saturated carbocycles. The van der Waals surface area contributed by atoms with Crippen molar-refractivity contribution in [3.63, 3.8) is 0 Å².